The second kappa shape index (κ2) is 17.2. The van der Waals surface area contributed by atoms with Gasteiger partial charge in [-0.1, -0.05) is 13.8 Å². The Labute approximate surface area is 349 Å². The molecule has 0 aromatic carbocycles. The molecule has 60 heavy (non-hydrogen) atoms. The lowest BCUT2D eigenvalue weighted by Crippen LogP contribution is -2.65. The Hall–Kier alpha value is -1.43. The molecule has 18 heteroatoms. The number of fused-ring (bicyclic) bond motifs is 5. The standard InChI is InChI=1S/C42H66O18/c1-18-35(60-38-33(50)31(48)29(46)26(59-38)17-55-37-32(49)30(47)28(45)25(15-43)58-37)36(53-4)34(51)39(56-18)57-21-7-10-40(2)20(14-21)5-6-24-23(40)8-11-41(3)22(9-12-42(24,41)52)19-13-27(44)54-16-19/h13,18,20-26,28-39,43,45-52H,5-12,14-17H2,1-4H3/t18-,20-,21-,22+,23-,24+,25+,26-,28+,29-,30-,31+,32+,33-,34-,35-,36-,37+,38+,39-,40-,41+,42-/m0/s1. The van der Waals surface area contributed by atoms with Crippen LogP contribution >= 0.6 is 0 Å². The van der Waals surface area contributed by atoms with Crippen molar-refractivity contribution in [1.29, 1.82) is 0 Å². The van der Waals surface area contributed by atoms with Gasteiger partial charge in [-0.25, -0.2) is 4.79 Å². The van der Waals surface area contributed by atoms with Crippen molar-refractivity contribution >= 4 is 5.97 Å². The summed E-state index contributed by atoms with van der Waals surface area (Å²) < 4.78 is 46.6. The number of hydrogen-bond donors (Lipinski definition) is 9. The zero-order valence-corrected chi connectivity index (χ0v) is 34.8. The lowest BCUT2D eigenvalue weighted by Gasteiger charge is -2.64. The van der Waals surface area contributed by atoms with Gasteiger partial charge in [-0.15, -0.1) is 0 Å². The zero-order chi connectivity index (χ0) is 43.1. The van der Waals surface area contributed by atoms with E-state index in [0.29, 0.717) is 18.4 Å². The molecule has 0 spiro atoms. The normalized spacial score (nSPS) is 54.4. The van der Waals surface area contributed by atoms with E-state index in [9.17, 15) is 50.8 Å². The van der Waals surface area contributed by atoms with Gasteiger partial charge < -0.3 is 83.9 Å². The van der Waals surface area contributed by atoms with Gasteiger partial charge in [0.15, 0.2) is 18.9 Å². The van der Waals surface area contributed by atoms with E-state index in [0.717, 1.165) is 63.4 Å². The topological polar surface area (TPSA) is 273 Å². The third-order valence-corrected chi connectivity index (χ3v) is 16.5. The summed E-state index contributed by atoms with van der Waals surface area (Å²) in [6.07, 6.45) is -11.9. The molecular weight excluding hydrogens is 792 g/mol. The number of carbonyl (C=O) groups excluding carboxylic acids is 1. The van der Waals surface area contributed by atoms with Crippen molar-refractivity contribution in [2.75, 3.05) is 26.9 Å². The van der Waals surface area contributed by atoms with E-state index in [1.165, 1.54) is 7.11 Å². The summed E-state index contributed by atoms with van der Waals surface area (Å²) in [4.78, 5) is 12.0. The zero-order valence-electron chi connectivity index (χ0n) is 34.8. The molecule has 4 aliphatic heterocycles. The van der Waals surface area contributed by atoms with Gasteiger partial charge in [0.05, 0.1) is 31.0 Å². The number of methoxy groups -OCH3 is 1. The number of rotatable bonds is 10. The van der Waals surface area contributed by atoms with Gasteiger partial charge in [0.2, 0.25) is 0 Å². The SMILES string of the molecule is CO[C@H]1[C@H](O)[C@H](O[C@H]2CC[C@@]3(C)[C@@H](CC[C@@H]4[C@@H]3CC[C@]3(C)[C@@H](C5=CC(=O)OC5)CC[C@]43O)C2)O[C@@H](C)[C@@H]1O[C@H]1O[C@@H](CO[C@@H]2O[C@H](CO)[C@@H](O)[C@H](O)[C@H]2O)[C@H](O)[C@@H](O)[C@@H]1O. The summed E-state index contributed by atoms with van der Waals surface area (Å²) in [5, 5.41) is 96.6. The largest absolute Gasteiger partial charge is 0.458 e. The Kier molecular flexibility index (Phi) is 12.9. The Balaban J connectivity index is 0.875. The summed E-state index contributed by atoms with van der Waals surface area (Å²) in [7, 11) is 1.39. The van der Waals surface area contributed by atoms with Gasteiger partial charge in [-0.3, -0.25) is 0 Å². The lowest BCUT2D eigenvalue weighted by atomic mass is 9.43. The third kappa shape index (κ3) is 7.50. The molecule has 7 fully saturated rings. The molecule has 0 aromatic heterocycles. The van der Waals surface area contributed by atoms with Crippen molar-refractivity contribution < 1.29 is 88.6 Å². The number of cyclic esters (lactones) is 1. The average molecular weight is 859 g/mol. The Morgan fingerprint density at radius 3 is 2.10 bits per heavy atom. The van der Waals surface area contributed by atoms with Crippen LogP contribution in [0.15, 0.2) is 11.6 Å². The quantitative estimate of drug-likeness (QED) is 0.0918. The molecular formula is C42H66O18. The highest BCUT2D eigenvalue weighted by molar-refractivity contribution is 5.85. The number of aliphatic hydroxyl groups excluding tert-OH is 8. The smallest absolute Gasteiger partial charge is 0.331 e. The molecule has 8 rings (SSSR count). The molecule has 18 nitrogen and oxygen atoms in total. The van der Waals surface area contributed by atoms with E-state index in [1.54, 1.807) is 13.0 Å². The molecule has 8 aliphatic rings. The predicted octanol–water partition coefficient (Wildman–Crippen LogP) is -1.24. The average Bonchev–Trinajstić information content (AvgIpc) is 3.78. The molecule has 0 aromatic rings. The van der Waals surface area contributed by atoms with Crippen molar-refractivity contribution in [3.05, 3.63) is 11.6 Å². The lowest BCUT2D eigenvalue weighted by molar-refractivity contribution is -0.367. The predicted molar refractivity (Wildman–Crippen MR) is 203 cm³/mol. The molecule has 9 N–H and O–H groups in total. The Bertz CT molecular complexity index is 1570. The molecule has 4 aliphatic carbocycles. The summed E-state index contributed by atoms with van der Waals surface area (Å²) in [6, 6.07) is 0. The van der Waals surface area contributed by atoms with E-state index in [4.69, 9.17) is 37.9 Å². The monoisotopic (exact) mass is 858 g/mol. The highest BCUT2D eigenvalue weighted by atomic mass is 16.8. The van der Waals surface area contributed by atoms with E-state index < -0.39 is 111 Å². The Morgan fingerprint density at radius 2 is 1.42 bits per heavy atom. The van der Waals surface area contributed by atoms with E-state index in [-0.39, 0.29) is 34.7 Å². The fourth-order valence-electron chi connectivity index (χ4n) is 13.0. The van der Waals surface area contributed by atoms with Crippen LogP contribution in [-0.4, -0.2) is 183 Å². The van der Waals surface area contributed by atoms with Gasteiger partial charge in [-0.05, 0) is 99.4 Å². The van der Waals surface area contributed by atoms with Crippen LogP contribution in [0.3, 0.4) is 0 Å². The number of esters is 1. The number of carbonyl (C=O) groups is 1. The first-order valence-electron chi connectivity index (χ1n) is 21.8. The van der Waals surface area contributed by atoms with Crippen molar-refractivity contribution in [2.24, 2.45) is 34.5 Å². The van der Waals surface area contributed by atoms with Crippen molar-refractivity contribution in [3.63, 3.8) is 0 Å². The van der Waals surface area contributed by atoms with Crippen LogP contribution in [0, 0.1) is 34.5 Å². The minimum absolute atomic E-state index is 0.00760. The van der Waals surface area contributed by atoms with Crippen molar-refractivity contribution in [1.82, 2.24) is 0 Å². The first-order valence-corrected chi connectivity index (χ1v) is 21.8. The molecule has 0 radical (unpaired) electrons. The van der Waals surface area contributed by atoms with Gasteiger partial charge in [0, 0.05) is 18.6 Å². The maximum Gasteiger partial charge on any atom is 0.331 e. The summed E-state index contributed by atoms with van der Waals surface area (Å²) >= 11 is 0. The summed E-state index contributed by atoms with van der Waals surface area (Å²) in [6.45, 7) is 5.42. The second-order valence-corrected chi connectivity index (χ2v) is 19.4. The molecule has 23 atom stereocenters. The first kappa shape index (κ1) is 45.1. The maximum atomic E-state index is 12.6. The minimum atomic E-state index is -1.77. The van der Waals surface area contributed by atoms with Gasteiger partial charge in [0.1, 0.15) is 73.8 Å². The van der Waals surface area contributed by atoms with Gasteiger partial charge >= 0.3 is 5.97 Å². The highest BCUT2D eigenvalue weighted by Crippen LogP contribution is 2.70. The van der Waals surface area contributed by atoms with Crippen LogP contribution in [0.25, 0.3) is 0 Å². The maximum absolute atomic E-state index is 12.6. The highest BCUT2D eigenvalue weighted by Gasteiger charge is 2.68. The van der Waals surface area contributed by atoms with Gasteiger partial charge in [0.25, 0.3) is 0 Å². The first-order chi connectivity index (χ1) is 28.4. The van der Waals surface area contributed by atoms with Crippen LogP contribution in [0.4, 0.5) is 0 Å². The van der Waals surface area contributed by atoms with Crippen LogP contribution in [0.2, 0.25) is 0 Å². The molecule has 0 bridgehead atoms. The minimum Gasteiger partial charge on any atom is -0.458 e. The van der Waals surface area contributed by atoms with Crippen LogP contribution in [0.5, 0.6) is 0 Å². The van der Waals surface area contributed by atoms with Crippen LogP contribution in [0.1, 0.15) is 78.6 Å². The van der Waals surface area contributed by atoms with Crippen molar-refractivity contribution in [3.8, 4) is 0 Å². The number of hydrogen-bond acceptors (Lipinski definition) is 18. The summed E-state index contributed by atoms with van der Waals surface area (Å²) in [5.41, 5.74) is -0.0850. The Morgan fingerprint density at radius 1 is 0.733 bits per heavy atom. The number of aliphatic hydroxyl groups is 9. The molecule has 342 valence electrons. The van der Waals surface area contributed by atoms with Crippen molar-refractivity contribution in [2.45, 2.75) is 182 Å². The van der Waals surface area contributed by atoms with E-state index in [1.807, 2.05) is 0 Å². The second-order valence-electron chi connectivity index (χ2n) is 19.4. The molecule has 0 amide bonds. The van der Waals surface area contributed by atoms with E-state index in [2.05, 4.69) is 13.8 Å². The fraction of sp³-hybridized carbons (Fsp3) is 0.929. The molecule has 3 saturated heterocycles. The number of ether oxygens (including phenoxy) is 8. The molecule has 4 heterocycles. The summed E-state index contributed by atoms with van der Waals surface area (Å²) in [5.74, 6) is 0.725. The van der Waals surface area contributed by atoms with Gasteiger partial charge in [-0.2, -0.15) is 0 Å². The fourth-order valence-corrected chi connectivity index (χ4v) is 13.0. The molecule has 4 saturated carbocycles. The van der Waals surface area contributed by atoms with Crippen LogP contribution in [-0.2, 0) is 42.7 Å². The molecule has 0 unspecified atom stereocenters. The van der Waals surface area contributed by atoms with E-state index >= 15 is 0 Å². The third-order valence-electron chi connectivity index (χ3n) is 16.5. The van der Waals surface area contributed by atoms with Crippen LogP contribution < -0.4 is 0 Å².